The van der Waals surface area contributed by atoms with Gasteiger partial charge >= 0.3 is 5.97 Å². The van der Waals surface area contributed by atoms with Gasteiger partial charge in [-0.3, -0.25) is 4.79 Å². The van der Waals surface area contributed by atoms with Gasteiger partial charge in [-0.15, -0.1) is 0 Å². The zero-order valence-electron chi connectivity index (χ0n) is 20.0. The Hall–Kier alpha value is -3.86. The van der Waals surface area contributed by atoms with E-state index in [1.807, 2.05) is 42.5 Å². The summed E-state index contributed by atoms with van der Waals surface area (Å²) in [5.41, 5.74) is 3.55. The Morgan fingerprint density at radius 2 is 1.89 bits per heavy atom. The average Bonchev–Trinajstić information content (AvgIpc) is 2.87. The van der Waals surface area contributed by atoms with Crippen molar-refractivity contribution in [2.24, 2.45) is 0 Å². The summed E-state index contributed by atoms with van der Waals surface area (Å²) < 4.78 is 6.13. The van der Waals surface area contributed by atoms with Crippen LogP contribution in [0.5, 0.6) is 5.75 Å². The summed E-state index contributed by atoms with van der Waals surface area (Å²) in [6, 6.07) is 18.9. The van der Waals surface area contributed by atoms with E-state index in [0.717, 1.165) is 35.6 Å². The molecular formula is C30H31NO4. The molecule has 1 aliphatic rings. The van der Waals surface area contributed by atoms with Crippen LogP contribution >= 0.6 is 0 Å². The van der Waals surface area contributed by atoms with Crippen molar-refractivity contribution in [3.05, 3.63) is 94.6 Å². The number of aryl methyl sites for hydroxylation is 1. The fourth-order valence-electron chi connectivity index (χ4n) is 4.45. The Kier molecular flexibility index (Phi) is 7.99. The minimum Gasteiger partial charge on any atom is -0.488 e. The summed E-state index contributed by atoms with van der Waals surface area (Å²) in [5.74, 6) is -0.430. The molecule has 180 valence electrons. The molecule has 0 unspecified atom stereocenters. The second-order valence-corrected chi connectivity index (χ2v) is 8.93. The summed E-state index contributed by atoms with van der Waals surface area (Å²) in [4.78, 5) is 24.5. The summed E-state index contributed by atoms with van der Waals surface area (Å²) >= 11 is 0. The molecule has 3 aromatic carbocycles. The smallest absolute Gasteiger partial charge is 0.335 e. The van der Waals surface area contributed by atoms with Gasteiger partial charge in [-0.05, 0) is 73.7 Å². The molecule has 0 fully saturated rings. The number of amides is 1. The lowest BCUT2D eigenvalue weighted by atomic mass is 9.97. The fraction of sp³-hybridized carbons (Fsp3) is 0.267. The molecule has 0 heterocycles. The van der Waals surface area contributed by atoms with Crippen LogP contribution in [0.3, 0.4) is 0 Å². The van der Waals surface area contributed by atoms with Gasteiger partial charge in [-0.2, -0.15) is 0 Å². The van der Waals surface area contributed by atoms with Gasteiger partial charge in [0, 0.05) is 11.9 Å². The third-order valence-corrected chi connectivity index (χ3v) is 6.36. The number of benzene rings is 3. The lowest BCUT2D eigenvalue weighted by Gasteiger charge is -2.15. The molecule has 5 heteroatoms. The van der Waals surface area contributed by atoms with Crippen molar-refractivity contribution in [3.8, 4) is 5.75 Å². The van der Waals surface area contributed by atoms with Crippen molar-refractivity contribution in [2.75, 3.05) is 13.2 Å². The Morgan fingerprint density at radius 1 is 1.06 bits per heavy atom. The van der Waals surface area contributed by atoms with Gasteiger partial charge in [0.05, 0.1) is 11.1 Å². The number of rotatable bonds is 9. The molecule has 0 radical (unpaired) electrons. The molecule has 0 aromatic heterocycles. The molecule has 0 saturated carbocycles. The molecule has 2 N–H and O–H groups in total. The van der Waals surface area contributed by atoms with Crippen LogP contribution in [0.25, 0.3) is 16.8 Å². The topological polar surface area (TPSA) is 75.6 Å². The van der Waals surface area contributed by atoms with Gasteiger partial charge < -0.3 is 15.2 Å². The quantitative estimate of drug-likeness (QED) is 0.284. The molecule has 4 rings (SSSR count). The Labute approximate surface area is 206 Å². The number of aromatic carboxylic acids is 1. The van der Waals surface area contributed by atoms with E-state index in [4.69, 9.17) is 4.74 Å². The van der Waals surface area contributed by atoms with E-state index in [-0.39, 0.29) is 18.1 Å². The number of carboxylic acid groups (broad SMARTS) is 1. The number of carbonyl (C=O) groups is 2. The third kappa shape index (κ3) is 6.38. The maximum atomic E-state index is 13.2. The van der Waals surface area contributed by atoms with E-state index in [0.29, 0.717) is 23.4 Å². The minimum atomic E-state index is -0.965. The summed E-state index contributed by atoms with van der Waals surface area (Å²) in [6.45, 7) is 2.43. The van der Waals surface area contributed by atoms with E-state index in [9.17, 15) is 14.7 Å². The van der Waals surface area contributed by atoms with Crippen molar-refractivity contribution in [2.45, 2.75) is 39.0 Å². The Bertz CT molecular complexity index is 1280. The number of hydrogen-bond acceptors (Lipinski definition) is 3. The third-order valence-electron chi connectivity index (χ3n) is 6.36. The average molecular weight is 470 g/mol. The molecular weight excluding hydrogens is 438 g/mol. The van der Waals surface area contributed by atoms with E-state index in [2.05, 4.69) is 11.4 Å². The lowest BCUT2D eigenvalue weighted by molar-refractivity contribution is -0.117. The predicted octanol–water partition coefficient (Wildman–Crippen LogP) is 6.32. The largest absolute Gasteiger partial charge is 0.488 e. The Balaban J connectivity index is 1.54. The van der Waals surface area contributed by atoms with E-state index >= 15 is 0 Å². The number of nitrogens with one attached hydrogen (secondary N) is 1. The van der Waals surface area contributed by atoms with Crippen molar-refractivity contribution in [3.63, 3.8) is 0 Å². The van der Waals surface area contributed by atoms with Gasteiger partial charge in [0.1, 0.15) is 12.4 Å². The predicted molar refractivity (Wildman–Crippen MR) is 140 cm³/mol. The molecule has 0 aliphatic heterocycles. The number of carboxylic acids is 1. The van der Waals surface area contributed by atoms with Crippen LogP contribution < -0.4 is 10.1 Å². The lowest BCUT2D eigenvalue weighted by Crippen LogP contribution is -2.28. The van der Waals surface area contributed by atoms with Crippen molar-refractivity contribution in [1.29, 1.82) is 0 Å². The van der Waals surface area contributed by atoms with Crippen LogP contribution in [0, 0.1) is 6.92 Å². The van der Waals surface area contributed by atoms with E-state index < -0.39 is 5.97 Å². The van der Waals surface area contributed by atoms with E-state index in [1.165, 1.54) is 18.4 Å². The first-order valence-corrected chi connectivity index (χ1v) is 12.1. The zero-order valence-corrected chi connectivity index (χ0v) is 20.0. The van der Waals surface area contributed by atoms with Crippen LogP contribution in [0.15, 0.2) is 77.9 Å². The van der Waals surface area contributed by atoms with Gasteiger partial charge in [-0.25, -0.2) is 4.79 Å². The second kappa shape index (κ2) is 11.5. The first-order chi connectivity index (χ1) is 17.0. The zero-order chi connectivity index (χ0) is 24.6. The number of fused-ring (bicyclic) bond motifs is 1. The standard InChI is InChI=1S/C30H31NO4/c1-21-18-23(14-15-26(21)30(33)34)19-25(29(32)31-17-16-22-8-3-2-4-9-22)20-35-28-13-7-11-24-10-5-6-12-27(24)28/h5-8,10-15,18-19H,2-4,9,16-17,20H2,1H3,(H,31,32)(H,33,34). The highest BCUT2D eigenvalue weighted by Crippen LogP contribution is 2.26. The van der Waals surface area contributed by atoms with Crippen LogP contribution in [0.1, 0.15) is 53.6 Å². The number of allylic oxidation sites excluding steroid dienone is 1. The van der Waals surface area contributed by atoms with Gasteiger partial charge in [0.25, 0.3) is 5.91 Å². The highest BCUT2D eigenvalue weighted by atomic mass is 16.5. The molecule has 3 aromatic rings. The van der Waals surface area contributed by atoms with Crippen molar-refractivity contribution in [1.82, 2.24) is 5.32 Å². The van der Waals surface area contributed by atoms with Crippen LogP contribution in [-0.4, -0.2) is 30.1 Å². The molecule has 0 atom stereocenters. The number of ether oxygens (including phenoxy) is 1. The van der Waals surface area contributed by atoms with Gasteiger partial charge in [0.2, 0.25) is 0 Å². The summed E-state index contributed by atoms with van der Waals surface area (Å²) in [6.07, 6.45) is 9.62. The minimum absolute atomic E-state index is 0.0995. The molecule has 5 nitrogen and oxygen atoms in total. The highest BCUT2D eigenvalue weighted by molar-refractivity contribution is 5.98. The van der Waals surface area contributed by atoms with E-state index in [1.54, 1.807) is 31.2 Å². The first kappa shape index (κ1) is 24.3. The molecule has 35 heavy (non-hydrogen) atoms. The number of carbonyl (C=O) groups excluding carboxylic acids is 1. The summed E-state index contributed by atoms with van der Waals surface area (Å²) in [7, 11) is 0. The molecule has 0 spiro atoms. The number of hydrogen-bond donors (Lipinski definition) is 2. The van der Waals surface area contributed by atoms with Crippen LogP contribution in [-0.2, 0) is 4.79 Å². The van der Waals surface area contributed by atoms with Crippen LogP contribution in [0.4, 0.5) is 0 Å². The maximum absolute atomic E-state index is 13.2. The molecule has 0 saturated heterocycles. The van der Waals surface area contributed by atoms with Gasteiger partial charge in [-0.1, -0.05) is 60.2 Å². The Morgan fingerprint density at radius 3 is 2.66 bits per heavy atom. The maximum Gasteiger partial charge on any atom is 0.335 e. The highest BCUT2D eigenvalue weighted by Gasteiger charge is 2.14. The molecule has 1 aliphatic carbocycles. The fourth-order valence-corrected chi connectivity index (χ4v) is 4.45. The monoisotopic (exact) mass is 469 g/mol. The first-order valence-electron chi connectivity index (χ1n) is 12.1. The molecule has 0 bridgehead atoms. The van der Waals surface area contributed by atoms with Gasteiger partial charge in [0.15, 0.2) is 0 Å². The molecule has 1 amide bonds. The van der Waals surface area contributed by atoms with Crippen LogP contribution in [0.2, 0.25) is 0 Å². The van der Waals surface area contributed by atoms with Crippen molar-refractivity contribution >= 4 is 28.7 Å². The second-order valence-electron chi connectivity index (χ2n) is 8.93. The SMILES string of the molecule is Cc1cc(C=C(COc2cccc3ccccc23)C(=O)NCCC2=CCCCC2)ccc1C(=O)O. The normalized spacial score (nSPS) is 13.9. The summed E-state index contributed by atoms with van der Waals surface area (Å²) in [5, 5.41) is 14.4. The van der Waals surface area contributed by atoms with Crippen molar-refractivity contribution < 1.29 is 19.4 Å².